The maximum absolute atomic E-state index is 15.0. The number of aromatic nitrogens is 1. The van der Waals surface area contributed by atoms with Gasteiger partial charge in [-0.1, -0.05) is 74.9 Å². The van der Waals surface area contributed by atoms with Gasteiger partial charge < -0.3 is 106 Å². The van der Waals surface area contributed by atoms with Gasteiger partial charge in [0.1, 0.15) is 54.9 Å². The van der Waals surface area contributed by atoms with E-state index in [1.165, 1.54) is 24.3 Å². The van der Waals surface area contributed by atoms with Crippen LogP contribution in [0.25, 0.3) is 16.5 Å². The molecule has 3 aromatic carbocycles. The minimum Gasteiger partial charge on any atom is -0.481 e. The third-order valence-corrected chi connectivity index (χ3v) is 18.3. The van der Waals surface area contributed by atoms with E-state index in [0.717, 1.165) is 31.7 Å². The molecule has 4 aromatic rings. The second-order valence-electron chi connectivity index (χ2n) is 27.7. The molecule has 0 aliphatic carbocycles. The second kappa shape index (κ2) is 46.3. The number of para-hydroxylation sites is 2. The average Bonchev–Trinajstić information content (AvgIpc) is 1.62. The summed E-state index contributed by atoms with van der Waals surface area (Å²) in [4.78, 5) is 249. The van der Waals surface area contributed by atoms with Gasteiger partial charge in [0.25, 0.3) is 0 Å². The zero-order valence-electron chi connectivity index (χ0n) is 63.9. The number of aliphatic hydroxyl groups is 1. The lowest BCUT2D eigenvalue weighted by Gasteiger charge is -2.27. The number of hydrogen-bond donors (Lipinski definition) is 19. The third-order valence-electron chi connectivity index (χ3n) is 18.3. The highest BCUT2D eigenvalue weighted by atomic mass is 16.5. The van der Waals surface area contributed by atoms with Crippen LogP contribution in [0.15, 0.2) is 90.1 Å². The number of nitrogen functional groups attached to an aromatic ring is 1. The number of rotatable bonds is 44. The standard InChI is InChI=1S/C76H100N16O23/c1-5-6-12-42-19-21-43(22-20-42)40(3)26-63(98)86-53(27-44-34-81-50-16-10-8-13-46(44)50)74(112)91-54(30-61(79)96)75(113)89-52(31-66(101)102)60(95)28-45-38-115-76(114)57(29-59(94)47-14-7-9-15-48(47)78)87-62(97)25-39(2)18-23-49(45)82-35-64(99)85-51(17-11-24-77)72(110)92-56(33-68(105)106)73(111)84-41(4)70(108)90-55(32-67(103)104)71(109)83-36-65(100)88-58(37-93)69(80)107/h7-10,13-16,19-22,26,34,39,41,45,51-58,81,93H,5-6,11-12,17-18,23-25,27-33,35-38,77-78H2,1-4H3,(H2,79,96)(H2,80,107)(H,83,109)(H,84,111)(H,85,99)(H,86,98)(H,87,97)(H,88,100)(H,89,113)(H,90,108)(H,91,112)(H,92,110)(H,101,102)(H,103,104)(H,105,106). The van der Waals surface area contributed by atoms with E-state index in [0.29, 0.717) is 27.6 Å². The van der Waals surface area contributed by atoms with Crippen LogP contribution < -0.4 is 76.1 Å². The van der Waals surface area contributed by atoms with E-state index in [9.17, 15) is 107 Å². The van der Waals surface area contributed by atoms with Crippen molar-refractivity contribution in [2.24, 2.45) is 34.0 Å². The molecule has 1 aliphatic rings. The van der Waals surface area contributed by atoms with E-state index in [-0.39, 0.29) is 62.0 Å². The Kier molecular flexibility index (Phi) is 37.3. The first-order valence-corrected chi connectivity index (χ1v) is 36.9. The molecular formula is C76H100N16O23. The molecule has 1 aliphatic heterocycles. The van der Waals surface area contributed by atoms with Crippen LogP contribution in [-0.4, -0.2) is 225 Å². The molecule has 1 fully saturated rings. The summed E-state index contributed by atoms with van der Waals surface area (Å²) in [6, 6.07) is 4.42. The van der Waals surface area contributed by atoms with Crippen molar-refractivity contribution in [3.63, 3.8) is 0 Å². The van der Waals surface area contributed by atoms with Gasteiger partial charge in [-0.15, -0.1) is 0 Å². The van der Waals surface area contributed by atoms with Crippen LogP contribution in [-0.2, 0) is 99.1 Å². The number of hydrogen-bond acceptors (Lipinski definition) is 23. The monoisotopic (exact) mass is 1600 g/mol. The largest absolute Gasteiger partial charge is 0.481 e. The molecular weight excluding hydrogens is 1500 g/mol. The lowest BCUT2D eigenvalue weighted by Crippen LogP contribution is -2.58. The zero-order chi connectivity index (χ0) is 85.2. The predicted octanol–water partition coefficient (Wildman–Crippen LogP) is -2.59. The number of primary amides is 2. The van der Waals surface area contributed by atoms with Crippen LogP contribution >= 0.6 is 0 Å². The number of carboxylic acid groups (broad SMARTS) is 3. The number of esters is 1. The molecule has 1 saturated heterocycles. The number of nitrogens with zero attached hydrogens (tertiary/aromatic N) is 1. The Morgan fingerprint density at radius 1 is 0.661 bits per heavy atom. The summed E-state index contributed by atoms with van der Waals surface area (Å²) >= 11 is 0. The van der Waals surface area contributed by atoms with Crippen LogP contribution in [0.3, 0.4) is 0 Å². The maximum atomic E-state index is 15.0. The number of carbonyl (C=O) groups excluding carboxylic acids is 15. The number of Topliss-reactive ketones (excluding diaryl/α,β-unsaturated/α-hetero) is 2. The van der Waals surface area contributed by atoms with Crippen LogP contribution in [0.1, 0.15) is 138 Å². The minimum atomic E-state index is -2.05. The van der Waals surface area contributed by atoms with Gasteiger partial charge in [-0.3, -0.25) is 86.5 Å². The molecule has 11 atom stereocenters. The van der Waals surface area contributed by atoms with Crippen molar-refractivity contribution in [2.75, 3.05) is 38.6 Å². The minimum absolute atomic E-state index is 0.00962. The Bertz CT molecular complexity index is 4290. The van der Waals surface area contributed by atoms with Crippen molar-refractivity contribution in [1.82, 2.24) is 58.2 Å². The fourth-order valence-electron chi connectivity index (χ4n) is 12.0. The number of aromatic amines is 1. The van der Waals surface area contributed by atoms with E-state index in [2.05, 4.69) is 59.4 Å². The number of aliphatic carboxylic acids is 3. The summed E-state index contributed by atoms with van der Waals surface area (Å²) in [5.41, 5.74) is 26.1. The number of unbranched alkanes of at least 4 members (excludes halogenated alkanes) is 1. The first-order chi connectivity index (χ1) is 54.5. The summed E-state index contributed by atoms with van der Waals surface area (Å²) in [5, 5.41) is 62.4. The van der Waals surface area contributed by atoms with Crippen LogP contribution in [0.2, 0.25) is 0 Å². The van der Waals surface area contributed by atoms with Gasteiger partial charge in [0.05, 0.1) is 51.5 Å². The van der Waals surface area contributed by atoms with E-state index in [1.54, 1.807) is 50.4 Å². The molecule has 23 N–H and O–H groups in total. The molecule has 39 heteroatoms. The van der Waals surface area contributed by atoms with Crippen molar-refractivity contribution in [3.05, 3.63) is 107 Å². The Hall–Kier alpha value is -12.8. The number of carboxylic acids is 3. The normalized spacial score (nSPS) is 17.0. The topological polar surface area (TPSA) is 650 Å². The third kappa shape index (κ3) is 31.4. The number of aliphatic imine (C=N–C) groups is 1. The Morgan fingerprint density at radius 3 is 1.87 bits per heavy atom. The number of aryl methyl sites for hydroxylation is 1. The molecule has 11 unspecified atom stereocenters. The highest BCUT2D eigenvalue weighted by Gasteiger charge is 2.38. The number of allylic oxidation sites excluding steroid dienone is 1. The molecule has 5 rings (SSSR count). The average molecular weight is 1610 g/mol. The zero-order valence-corrected chi connectivity index (χ0v) is 63.9. The number of aliphatic hydroxyl groups excluding tert-OH is 1. The Morgan fingerprint density at radius 2 is 1.24 bits per heavy atom. The molecule has 622 valence electrons. The molecule has 0 radical (unpaired) electrons. The summed E-state index contributed by atoms with van der Waals surface area (Å²) < 4.78 is 5.76. The molecule has 39 nitrogen and oxygen atoms in total. The van der Waals surface area contributed by atoms with Gasteiger partial charge in [0, 0.05) is 71.7 Å². The van der Waals surface area contributed by atoms with Crippen LogP contribution in [0.5, 0.6) is 0 Å². The number of cyclic esters (lactones) is 1. The number of anilines is 1. The fourth-order valence-corrected chi connectivity index (χ4v) is 12.0. The van der Waals surface area contributed by atoms with E-state index in [4.69, 9.17) is 27.7 Å². The molecule has 12 amide bonds. The fraction of sp³-hybridized carbons (Fsp3) is 0.461. The van der Waals surface area contributed by atoms with E-state index in [1.807, 2.05) is 34.9 Å². The molecule has 1 aromatic heterocycles. The summed E-state index contributed by atoms with van der Waals surface area (Å²) in [6.07, 6.45) is -1.25. The highest BCUT2D eigenvalue weighted by molar-refractivity contribution is 6.05. The Balaban J connectivity index is 1.46. The number of H-pyrrole nitrogens is 1. The SMILES string of the molecule is CCCCc1ccc(C(C)=CC(=O)NC(Cc2c[nH]c3ccccc23)C(=O)NC(CC(N)=O)C(=O)NC(CC(=O)O)C(=O)CC2COC(=O)C(CC(=O)c3ccccc3N)NC(=O)CC(C)CCC2=NCC(=O)NC(CCCN)C(=O)NC(CC(=O)O)C(=O)NC(C)C(=O)NC(CC(=O)O)C(=O)NCC(=O)NC(CO)C(N)=O)cc1. The van der Waals surface area contributed by atoms with Gasteiger partial charge in [-0.25, -0.2) is 4.79 Å². The molecule has 0 bridgehead atoms. The lowest BCUT2D eigenvalue weighted by atomic mass is 9.88. The smallest absolute Gasteiger partial charge is 0.329 e. The predicted molar refractivity (Wildman–Crippen MR) is 411 cm³/mol. The van der Waals surface area contributed by atoms with Gasteiger partial charge in [-0.05, 0) is 105 Å². The summed E-state index contributed by atoms with van der Waals surface area (Å²) in [6.45, 7) is 2.68. The van der Waals surface area contributed by atoms with Crippen molar-refractivity contribution in [1.29, 1.82) is 0 Å². The molecule has 0 spiro atoms. The molecule has 2 heterocycles. The quantitative estimate of drug-likeness (QED) is 0.00935. The van der Waals surface area contributed by atoms with Crippen molar-refractivity contribution in [2.45, 2.75) is 178 Å². The van der Waals surface area contributed by atoms with Gasteiger partial charge >= 0.3 is 23.9 Å². The van der Waals surface area contributed by atoms with Crippen molar-refractivity contribution < 1.29 is 111 Å². The van der Waals surface area contributed by atoms with E-state index < -0.39 is 237 Å². The van der Waals surface area contributed by atoms with Gasteiger partial charge in [0.15, 0.2) is 11.6 Å². The number of fused-ring (bicyclic) bond motifs is 1. The van der Waals surface area contributed by atoms with Crippen molar-refractivity contribution >= 4 is 134 Å². The molecule has 115 heavy (non-hydrogen) atoms. The number of amides is 12. The highest BCUT2D eigenvalue weighted by Crippen LogP contribution is 2.24. The lowest BCUT2D eigenvalue weighted by molar-refractivity contribution is -0.149. The molecule has 0 saturated carbocycles. The number of nitrogens with two attached hydrogens (primary N) is 4. The summed E-state index contributed by atoms with van der Waals surface area (Å²) in [5.74, 6) is -23.4. The van der Waals surface area contributed by atoms with Crippen molar-refractivity contribution in [3.8, 4) is 0 Å². The number of nitrogens with one attached hydrogen (secondary N) is 11. The van der Waals surface area contributed by atoms with Gasteiger partial charge in [-0.2, -0.15) is 0 Å². The van der Waals surface area contributed by atoms with Crippen LogP contribution in [0.4, 0.5) is 5.69 Å². The first kappa shape index (κ1) is 92.8. The number of benzene rings is 3. The number of carbonyl (C=O) groups is 18. The Labute approximate surface area is 659 Å². The number of ether oxygens (including phenoxy) is 1. The van der Waals surface area contributed by atoms with Gasteiger partial charge in [0.2, 0.25) is 70.9 Å². The van der Waals surface area contributed by atoms with Crippen LogP contribution in [0, 0.1) is 11.8 Å². The number of ketones is 2. The maximum Gasteiger partial charge on any atom is 0.329 e. The summed E-state index contributed by atoms with van der Waals surface area (Å²) in [7, 11) is 0. The first-order valence-electron chi connectivity index (χ1n) is 36.9. The second-order valence-corrected chi connectivity index (χ2v) is 27.7. The van der Waals surface area contributed by atoms with E-state index >= 15 is 0 Å².